The molecule has 0 aliphatic carbocycles. The van der Waals surface area contributed by atoms with Gasteiger partial charge < -0.3 is 10.2 Å². The van der Waals surface area contributed by atoms with Gasteiger partial charge in [0.2, 0.25) is 0 Å². The summed E-state index contributed by atoms with van der Waals surface area (Å²) in [5, 5.41) is 3.49. The summed E-state index contributed by atoms with van der Waals surface area (Å²) in [6.07, 6.45) is 7.05. The minimum Gasteiger partial charge on any atom is -0.370 e. The Morgan fingerprint density at radius 2 is 2.04 bits per heavy atom. The molecule has 0 spiro atoms. The third kappa shape index (κ3) is 3.32. The average molecular weight is 321 g/mol. The quantitative estimate of drug-likeness (QED) is 0.938. The lowest BCUT2D eigenvalue weighted by Crippen LogP contribution is -2.34. The van der Waals surface area contributed by atoms with E-state index in [0.29, 0.717) is 0 Å². The van der Waals surface area contributed by atoms with Gasteiger partial charge in [-0.05, 0) is 73.9 Å². The van der Waals surface area contributed by atoms with E-state index >= 15 is 0 Å². The van der Waals surface area contributed by atoms with Crippen molar-refractivity contribution in [1.82, 2.24) is 10.3 Å². The van der Waals surface area contributed by atoms with Crippen LogP contribution in [-0.4, -0.2) is 24.6 Å². The second-order valence-corrected chi connectivity index (χ2v) is 7.27. The largest absolute Gasteiger partial charge is 0.370 e. The van der Waals surface area contributed by atoms with Crippen LogP contribution in [0.3, 0.4) is 0 Å². The van der Waals surface area contributed by atoms with Gasteiger partial charge in [0.1, 0.15) is 0 Å². The van der Waals surface area contributed by atoms with Gasteiger partial charge in [0, 0.05) is 25.3 Å². The highest BCUT2D eigenvalue weighted by Gasteiger charge is 2.22. The van der Waals surface area contributed by atoms with Crippen LogP contribution in [-0.2, 0) is 19.4 Å². The van der Waals surface area contributed by atoms with E-state index in [1.807, 2.05) is 13.1 Å². The maximum atomic E-state index is 4.44. The molecule has 1 aromatic carbocycles. The van der Waals surface area contributed by atoms with Crippen LogP contribution >= 0.6 is 0 Å². The minimum absolute atomic E-state index is 0.820. The van der Waals surface area contributed by atoms with Crippen molar-refractivity contribution in [3.05, 3.63) is 58.9 Å². The van der Waals surface area contributed by atoms with E-state index in [9.17, 15) is 0 Å². The fourth-order valence-corrected chi connectivity index (χ4v) is 4.16. The normalized spacial score (nSPS) is 18.5. The number of piperidine rings is 1. The number of aromatic nitrogens is 1. The Kier molecular flexibility index (Phi) is 4.52. The molecule has 1 N–H and O–H groups in total. The second kappa shape index (κ2) is 6.94. The maximum absolute atomic E-state index is 4.44. The number of aryl methyl sites for hydroxylation is 1. The molecule has 1 saturated heterocycles. The first-order valence-electron chi connectivity index (χ1n) is 9.27. The standard InChI is InChI=1S/C21H27N3/c1-16-5-6-20(15-23-16)24-11-8-17(9-12-24)13-18-3-2-4-19-14-22-10-7-21(18)19/h2-6,15,17,22H,7-14H2,1H3. The van der Waals surface area contributed by atoms with Gasteiger partial charge >= 0.3 is 0 Å². The molecule has 4 rings (SSSR count). The molecule has 0 atom stereocenters. The first-order chi connectivity index (χ1) is 11.8. The fourth-order valence-electron chi connectivity index (χ4n) is 4.16. The van der Waals surface area contributed by atoms with E-state index in [1.165, 1.54) is 36.9 Å². The first-order valence-corrected chi connectivity index (χ1v) is 9.27. The van der Waals surface area contributed by atoms with Gasteiger partial charge in [-0.2, -0.15) is 0 Å². The number of rotatable bonds is 3. The summed E-state index contributed by atoms with van der Waals surface area (Å²) < 4.78 is 0. The molecule has 2 aromatic rings. The Labute approximate surface area is 145 Å². The van der Waals surface area contributed by atoms with Crippen molar-refractivity contribution in [3.8, 4) is 0 Å². The number of anilines is 1. The van der Waals surface area contributed by atoms with E-state index in [4.69, 9.17) is 0 Å². The Morgan fingerprint density at radius 3 is 2.83 bits per heavy atom. The smallest absolute Gasteiger partial charge is 0.0552 e. The summed E-state index contributed by atoms with van der Waals surface area (Å²) in [6.45, 7) is 6.54. The van der Waals surface area contributed by atoms with E-state index in [2.05, 4.69) is 45.5 Å². The molecular weight excluding hydrogens is 294 g/mol. The Balaban J connectivity index is 1.39. The molecule has 3 nitrogen and oxygen atoms in total. The molecule has 1 aromatic heterocycles. The Bertz CT molecular complexity index is 685. The fraction of sp³-hybridized carbons (Fsp3) is 0.476. The summed E-state index contributed by atoms with van der Waals surface area (Å²) >= 11 is 0. The SMILES string of the molecule is Cc1ccc(N2CCC(Cc3cccc4c3CCNC4)CC2)cn1. The highest BCUT2D eigenvalue weighted by molar-refractivity contribution is 5.45. The zero-order valence-corrected chi connectivity index (χ0v) is 14.6. The van der Waals surface area contributed by atoms with Gasteiger partial charge in [0.05, 0.1) is 11.9 Å². The molecular formula is C21H27N3. The van der Waals surface area contributed by atoms with E-state index in [-0.39, 0.29) is 0 Å². The van der Waals surface area contributed by atoms with E-state index < -0.39 is 0 Å². The van der Waals surface area contributed by atoms with Gasteiger partial charge in [-0.3, -0.25) is 4.98 Å². The maximum Gasteiger partial charge on any atom is 0.0552 e. The van der Waals surface area contributed by atoms with Crippen molar-refractivity contribution < 1.29 is 0 Å². The monoisotopic (exact) mass is 321 g/mol. The third-order valence-electron chi connectivity index (χ3n) is 5.62. The van der Waals surface area contributed by atoms with Crippen molar-refractivity contribution in [2.45, 2.75) is 39.2 Å². The molecule has 24 heavy (non-hydrogen) atoms. The number of pyridine rings is 1. The lowest BCUT2D eigenvalue weighted by molar-refractivity contribution is 0.402. The molecule has 2 aliphatic heterocycles. The summed E-state index contributed by atoms with van der Waals surface area (Å²) in [4.78, 5) is 6.94. The van der Waals surface area contributed by atoms with Crippen LogP contribution < -0.4 is 10.2 Å². The van der Waals surface area contributed by atoms with Crippen LogP contribution in [0.1, 0.15) is 35.2 Å². The van der Waals surface area contributed by atoms with Gasteiger partial charge in [-0.1, -0.05) is 18.2 Å². The van der Waals surface area contributed by atoms with Crippen molar-refractivity contribution in [1.29, 1.82) is 0 Å². The van der Waals surface area contributed by atoms with Gasteiger partial charge in [0.15, 0.2) is 0 Å². The minimum atomic E-state index is 0.820. The zero-order valence-electron chi connectivity index (χ0n) is 14.6. The van der Waals surface area contributed by atoms with E-state index in [0.717, 1.165) is 37.8 Å². The lowest BCUT2D eigenvalue weighted by Gasteiger charge is -2.34. The predicted octanol–water partition coefficient (Wildman–Crippen LogP) is 3.49. The average Bonchev–Trinajstić information content (AvgIpc) is 2.63. The second-order valence-electron chi connectivity index (χ2n) is 7.27. The Hall–Kier alpha value is -1.87. The van der Waals surface area contributed by atoms with Crippen molar-refractivity contribution in [3.63, 3.8) is 0 Å². The van der Waals surface area contributed by atoms with Gasteiger partial charge in [0.25, 0.3) is 0 Å². The first kappa shape index (κ1) is 15.6. The van der Waals surface area contributed by atoms with E-state index in [1.54, 1.807) is 11.1 Å². The molecule has 0 amide bonds. The highest BCUT2D eigenvalue weighted by Crippen LogP contribution is 2.28. The number of hydrogen-bond acceptors (Lipinski definition) is 3. The third-order valence-corrected chi connectivity index (χ3v) is 5.62. The number of fused-ring (bicyclic) bond motifs is 1. The van der Waals surface area contributed by atoms with Crippen LogP contribution in [0.4, 0.5) is 5.69 Å². The summed E-state index contributed by atoms with van der Waals surface area (Å²) in [5.41, 5.74) is 7.12. The number of hydrogen-bond donors (Lipinski definition) is 1. The molecule has 0 saturated carbocycles. The molecule has 3 heterocycles. The van der Waals surface area contributed by atoms with Gasteiger partial charge in [-0.25, -0.2) is 0 Å². The van der Waals surface area contributed by atoms with Crippen LogP contribution in [0.15, 0.2) is 36.5 Å². The van der Waals surface area contributed by atoms with Gasteiger partial charge in [-0.15, -0.1) is 0 Å². The molecule has 2 aliphatic rings. The molecule has 0 bridgehead atoms. The molecule has 0 unspecified atom stereocenters. The molecule has 3 heteroatoms. The summed E-state index contributed by atoms with van der Waals surface area (Å²) in [6, 6.07) is 11.2. The summed E-state index contributed by atoms with van der Waals surface area (Å²) in [5.74, 6) is 0.820. The van der Waals surface area contributed by atoms with Crippen molar-refractivity contribution >= 4 is 5.69 Å². The molecule has 1 fully saturated rings. The van der Waals surface area contributed by atoms with Crippen LogP contribution in [0, 0.1) is 12.8 Å². The number of nitrogens with zero attached hydrogens (tertiary/aromatic N) is 2. The van der Waals surface area contributed by atoms with Crippen LogP contribution in [0.2, 0.25) is 0 Å². The summed E-state index contributed by atoms with van der Waals surface area (Å²) in [7, 11) is 0. The van der Waals surface area contributed by atoms with Crippen LogP contribution in [0.25, 0.3) is 0 Å². The Morgan fingerprint density at radius 1 is 1.17 bits per heavy atom. The number of benzene rings is 1. The zero-order chi connectivity index (χ0) is 16.4. The number of nitrogens with one attached hydrogen (secondary N) is 1. The van der Waals surface area contributed by atoms with Crippen LogP contribution in [0.5, 0.6) is 0 Å². The van der Waals surface area contributed by atoms with Crippen molar-refractivity contribution in [2.24, 2.45) is 5.92 Å². The predicted molar refractivity (Wildman–Crippen MR) is 99.5 cm³/mol. The highest BCUT2D eigenvalue weighted by atomic mass is 15.1. The topological polar surface area (TPSA) is 28.2 Å². The molecule has 0 radical (unpaired) electrons. The molecule has 126 valence electrons. The van der Waals surface area contributed by atoms with Crippen molar-refractivity contribution in [2.75, 3.05) is 24.5 Å². The lowest BCUT2D eigenvalue weighted by atomic mass is 9.85.